The summed E-state index contributed by atoms with van der Waals surface area (Å²) in [6.07, 6.45) is 1.65. The molecular formula is C12H20N4O. The van der Waals surface area contributed by atoms with Gasteiger partial charge in [-0.15, -0.1) is 0 Å². The van der Waals surface area contributed by atoms with Crippen LogP contribution in [0.4, 0.5) is 0 Å². The van der Waals surface area contributed by atoms with Gasteiger partial charge >= 0.3 is 0 Å². The number of amides is 1. The van der Waals surface area contributed by atoms with Crippen LogP contribution in [0.1, 0.15) is 27.7 Å². The molecule has 0 radical (unpaired) electrons. The number of carbonyl (C=O) groups is 1. The van der Waals surface area contributed by atoms with Crippen molar-refractivity contribution in [3.63, 3.8) is 0 Å². The highest BCUT2D eigenvalue weighted by molar-refractivity contribution is 6.03. The topological polar surface area (TPSA) is 48.3 Å². The number of fused-ring (bicyclic) bond motifs is 1. The van der Waals surface area contributed by atoms with E-state index in [4.69, 9.17) is 0 Å². The number of aliphatic imine (C=N–C) groups is 2. The molecule has 0 aromatic heterocycles. The van der Waals surface area contributed by atoms with E-state index in [0.717, 1.165) is 5.84 Å². The smallest absolute Gasteiger partial charge is 0.248 e. The summed E-state index contributed by atoms with van der Waals surface area (Å²) in [5.74, 6) is 0.992. The Morgan fingerprint density at radius 1 is 1.29 bits per heavy atom. The Hall–Kier alpha value is -1.23. The molecule has 0 spiro atoms. The lowest BCUT2D eigenvalue weighted by molar-refractivity contribution is -0.138. The van der Waals surface area contributed by atoms with E-state index in [1.54, 1.807) is 18.3 Å². The molecule has 1 amide bonds. The minimum atomic E-state index is -0.218. The number of hydrogen-bond acceptors (Lipinski definition) is 4. The van der Waals surface area contributed by atoms with Gasteiger partial charge in [0.25, 0.3) is 0 Å². The summed E-state index contributed by atoms with van der Waals surface area (Å²) < 4.78 is 0. The third-order valence-electron chi connectivity index (χ3n) is 3.22. The fourth-order valence-electron chi connectivity index (χ4n) is 2.35. The zero-order valence-electron chi connectivity index (χ0n) is 11.1. The van der Waals surface area contributed by atoms with Crippen molar-refractivity contribution in [2.75, 3.05) is 7.05 Å². The molecule has 17 heavy (non-hydrogen) atoms. The Balaban J connectivity index is 2.34. The lowest BCUT2D eigenvalue weighted by Crippen LogP contribution is -2.45. The van der Waals surface area contributed by atoms with Crippen molar-refractivity contribution in [3.8, 4) is 0 Å². The van der Waals surface area contributed by atoms with Crippen molar-refractivity contribution in [1.82, 2.24) is 10.0 Å². The highest BCUT2D eigenvalue weighted by Gasteiger charge is 2.46. The van der Waals surface area contributed by atoms with Crippen LogP contribution in [-0.2, 0) is 4.79 Å². The molecule has 2 atom stereocenters. The lowest BCUT2D eigenvalue weighted by Gasteiger charge is -2.32. The van der Waals surface area contributed by atoms with E-state index < -0.39 is 0 Å². The highest BCUT2D eigenvalue weighted by atomic mass is 16.2. The van der Waals surface area contributed by atoms with Gasteiger partial charge in [0.1, 0.15) is 17.9 Å². The van der Waals surface area contributed by atoms with Crippen molar-refractivity contribution in [2.45, 2.75) is 39.9 Å². The first-order valence-electron chi connectivity index (χ1n) is 6.11. The predicted molar refractivity (Wildman–Crippen MR) is 67.8 cm³/mol. The highest BCUT2D eigenvalue weighted by Crippen LogP contribution is 2.29. The van der Waals surface area contributed by atoms with Crippen molar-refractivity contribution in [1.29, 1.82) is 0 Å². The van der Waals surface area contributed by atoms with Crippen LogP contribution in [-0.4, -0.2) is 47.2 Å². The van der Waals surface area contributed by atoms with Crippen LogP contribution in [0.2, 0.25) is 0 Å². The number of rotatable bonds is 2. The van der Waals surface area contributed by atoms with Crippen LogP contribution in [0.25, 0.3) is 0 Å². The standard InChI is InChI=1S/C12H20N4O/c1-7(2)10-13-6-9-11(14-10)16(8(3)4)15(5)12(9)17/h6-9,11H,1-5H3. The van der Waals surface area contributed by atoms with Crippen LogP contribution in [0.5, 0.6) is 0 Å². The maximum Gasteiger partial charge on any atom is 0.248 e. The van der Waals surface area contributed by atoms with Crippen LogP contribution in [0.15, 0.2) is 9.98 Å². The molecule has 0 bridgehead atoms. The molecule has 0 aromatic rings. The number of amidine groups is 1. The van der Waals surface area contributed by atoms with Crippen molar-refractivity contribution >= 4 is 18.0 Å². The maximum atomic E-state index is 12.1. The van der Waals surface area contributed by atoms with E-state index in [-0.39, 0.29) is 24.0 Å². The summed E-state index contributed by atoms with van der Waals surface area (Å²) >= 11 is 0. The summed E-state index contributed by atoms with van der Waals surface area (Å²) in [5.41, 5.74) is 0. The normalized spacial score (nSPS) is 29.2. The summed E-state index contributed by atoms with van der Waals surface area (Å²) in [5, 5.41) is 3.71. The molecule has 1 fully saturated rings. The molecule has 94 valence electrons. The van der Waals surface area contributed by atoms with Gasteiger partial charge in [-0.1, -0.05) is 13.8 Å². The number of hydrazine groups is 1. The Morgan fingerprint density at radius 2 is 1.94 bits per heavy atom. The van der Waals surface area contributed by atoms with Gasteiger partial charge in [0.2, 0.25) is 5.91 Å². The molecule has 2 heterocycles. The maximum absolute atomic E-state index is 12.1. The van der Waals surface area contributed by atoms with Crippen LogP contribution < -0.4 is 0 Å². The molecule has 0 aromatic carbocycles. The molecule has 1 saturated heterocycles. The Kier molecular flexibility index (Phi) is 3.03. The molecule has 2 unspecified atom stereocenters. The number of hydrogen-bond donors (Lipinski definition) is 0. The lowest BCUT2D eigenvalue weighted by atomic mass is 10.1. The minimum Gasteiger partial charge on any atom is -0.276 e. The molecule has 2 rings (SSSR count). The Morgan fingerprint density at radius 3 is 2.47 bits per heavy atom. The van der Waals surface area contributed by atoms with Gasteiger partial charge in [0, 0.05) is 25.2 Å². The van der Waals surface area contributed by atoms with E-state index in [0.29, 0.717) is 5.92 Å². The zero-order chi connectivity index (χ0) is 12.7. The Bertz CT molecular complexity index is 386. The van der Waals surface area contributed by atoms with E-state index >= 15 is 0 Å². The molecule has 2 aliphatic heterocycles. The van der Waals surface area contributed by atoms with Crippen molar-refractivity contribution in [3.05, 3.63) is 0 Å². The van der Waals surface area contributed by atoms with E-state index in [9.17, 15) is 4.79 Å². The quantitative estimate of drug-likeness (QED) is 0.722. The van der Waals surface area contributed by atoms with Crippen molar-refractivity contribution in [2.24, 2.45) is 21.8 Å². The SMILES string of the molecule is CC(C)C1=NC2C(C=N1)C(=O)N(C)N2C(C)C. The second-order valence-corrected chi connectivity index (χ2v) is 5.20. The molecule has 5 heteroatoms. The average Bonchev–Trinajstić information content (AvgIpc) is 2.51. The van der Waals surface area contributed by atoms with Gasteiger partial charge in [-0.2, -0.15) is 5.01 Å². The first-order chi connectivity index (χ1) is 7.93. The van der Waals surface area contributed by atoms with E-state index in [1.165, 1.54) is 0 Å². The molecule has 0 N–H and O–H groups in total. The summed E-state index contributed by atoms with van der Waals surface area (Å²) in [4.78, 5) is 21.0. The predicted octanol–water partition coefficient (Wildman–Crippen LogP) is 1.17. The average molecular weight is 236 g/mol. The largest absolute Gasteiger partial charge is 0.276 e. The first kappa shape index (κ1) is 12.2. The van der Waals surface area contributed by atoms with Gasteiger partial charge in [0.15, 0.2) is 0 Å². The fourth-order valence-corrected chi connectivity index (χ4v) is 2.35. The van der Waals surface area contributed by atoms with E-state index in [2.05, 4.69) is 37.7 Å². The third kappa shape index (κ3) is 1.88. The molecule has 5 nitrogen and oxygen atoms in total. The molecule has 0 aliphatic carbocycles. The molecule has 0 saturated carbocycles. The fraction of sp³-hybridized carbons (Fsp3) is 0.750. The zero-order valence-corrected chi connectivity index (χ0v) is 11.1. The first-order valence-corrected chi connectivity index (χ1v) is 6.11. The molecular weight excluding hydrogens is 216 g/mol. The summed E-state index contributed by atoms with van der Waals surface area (Å²) in [6.45, 7) is 8.28. The van der Waals surface area contributed by atoms with Crippen molar-refractivity contribution < 1.29 is 4.79 Å². The molecule has 2 aliphatic rings. The van der Waals surface area contributed by atoms with Crippen LogP contribution in [0.3, 0.4) is 0 Å². The van der Waals surface area contributed by atoms with Gasteiger partial charge in [-0.3, -0.25) is 9.80 Å². The minimum absolute atomic E-state index is 0.0824. The number of nitrogens with zero attached hydrogens (tertiary/aromatic N) is 4. The Labute approximate surface area is 102 Å². The number of carbonyl (C=O) groups excluding carboxylic acids is 1. The van der Waals surface area contributed by atoms with Gasteiger partial charge < -0.3 is 0 Å². The summed E-state index contributed by atoms with van der Waals surface area (Å²) in [7, 11) is 1.80. The second kappa shape index (κ2) is 4.22. The van der Waals surface area contributed by atoms with Gasteiger partial charge in [-0.05, 0) is 13.8 Å². The summed E-state index contributed by atoms with van der Waals surface area (Å²) in [6, 6.07) is 0.252. The van der Waals surface area contributed by atoms with E-state index in [1.807, 2.05) is 5.01 Å². The monoisotopic (exact) mass is 236 g/mol. The second-order valence-electron chi connectivity index (χ2n) is 5.20. The van der Waals surface area contributed by atoms with Crippen LogP contribution >= 0.6 is 0 Å². The van der Waals surface area contributed by atoms with Gasteiger partial charge in [0.05, 0.1) is 0 Å². The van der Waals surface area contributed by atoms with Gasteiger partial charge in [-0.25, -0.2) is 9.98 Å². The third-order valence-corrected chi connectivity index (χ3v) is 3.22. The van der Waals surface area contributed by atoms with Crippen LogP contribution in [0, 0.1) is 11.8 Å².